The topological polar surface area (TPSA) is 116 Å². The van der Waals surface area contributed by atoms with E-state index in [4.69, 9.17) is 9.15 Å². The van der Waals surface area contributed by atoms with Gasteiger partial charge >= 0.3 is 6.09 Å². The van der Waals surface area contributed by atoms with Gasteiger partial charge in [0.25, 0.3) is 10.9 Å². The molecule has 1 fully saturated rings. The molecule has 1 amide bonds. The van der Waals surface area contributed by atoms with Crippen molar-refractivity contribution in [1.82, 2.24) is 9.88 Å². The predicted octanol–water partition coefficient (Wildman–Crippen LogP) is 3.24. The number of fused-ring (bicyclic) bond motifs is 1. The molecule has 1 aromatic carbocycles. The molecule has 0 unspecified atom stereocenters. The summed E-state index contributed by atoms with van der Waals surface area (Å²) in [7, 11) is -1.58. The SMILES string of the molecule is CC(C)(C)OC(=O)N1CCC[C@H]1C[S@@](=O)c1nc2cc([N+](=O)[O-])ccc2o1. The normalized spacial score (nSPS) is 18.6. The number of nitro groups is 1. The summed E-state index contributed by atoms with van der Waals surface area (Å²) >= 11 is 0. The number of nitrogens with zero attached hydrogens (tertiary/aromatic N) is 3. The van der Waals surface area contributed by atoms with Gasteiger partial charge in [0, 0.05) is 24.7 Å². The molecule has 1 aliphatic heterocycles. The second-order valence-corrected chi connectivity index (χ2v) is 8.74. The first kappa shape index (κ1) is 19.3. The van der Waals surface area contributed by atoms with Gasteiger partial charge in [-0.25, -0.2) is 14.0 Å². The molecule has 0 N–H and O–H groups in total. The van der Waals surface area contributed by atoms with E-state index in [9.17, 15) is 19.1 Å². The molecule has 2 heterocycles. The van der Waals surface area contributed by atoms with Gasteiger partial charge in [0.2, 0.25) is 0 Å². The summed E-state index contributed by atoms with van der Waals surface area (Å²) in [6.45, 7) is 5.94. The van der Waals surface area contributed by atoms with Crippen LogP contribution in [0.2, 0.25) is 0 Å². The molecule has 0 bridgehead atoms. The molecule has 1 aromatic heterocycles. The molecule has 2 atom stereocenters. The lowest BCUT2D eigenvalue weighted by molar-refractivity contribution is -0.384. The van der Waals surface area contributed by atoms with Crippen molar-refractivity contribution in [3.05, 3.63) is 28.3 Å². The molecular weight excluding hydrogens is 374 g/mol. The van der Waals surface area contributed by atoms with Gasteiger partial charge in [-0.1, -0.05) is 0 Å². The molecule has 9 nitrogen and oxygen atoms in total. The number of carbonyl (C=O) groups excluding carboxylic acids is 1. The van der Waals surface area contributed by atoms with Crippen LogP contribution in [0.5, 0.6) is 0 Å². The Labute approximate surface area is 158 Å². The number of likely N-dealkylation sites (tertiary alicyclic amines) is 1. The van der Waals surface area contributed by atoms with Crippen LogP contribution in [0.1, 0.15) is 33.6 Å². The largest absolute Gasteiger partial charge is 0.444 e. The summed E-state index contributed by atoms with van der Waals surface area (Å²) in [5.74, 6) is 0.175. The van der Waals surface area contributed by atoms with Gasteiger partial charge in [-0.2, -0.15) is 0 Å². The Kier molecular flexibility index (Phi) is 5.18. The third-order valence-electron chi connectivity index (χ3n) is 4.11. The lowest BCUT2D eigenvalue weighted by Crippen LogP contribution is -2.42. The maximum Gasteiger partial charge on any atom is 0.410 e. The van der Waals surface area contributed by atoms with E-state index in [2.05, 4.69) is 4.98 Å². The number of aromatic nitrogens is 1. The summed E-state index contributed by atoms with van der Waals surface area (Å²) in [5.41, 5.74) is -0.0966. The average molecular weight is 395 g/mol. The number of hydrogen-bond donors (Lipinski definition) is 0. The van der Waals surface area contributed by atoms with E-state index >= 15 is 0 Å². The van der Waals surface area contributed by atoms with E-state index in [0.717, 1.165) is 12.8 Å². The number of carbonyl (C=O) groups is 1. The molecule has 1 aliphatic rings. The Hall–Kier alpha value is -2.49. The van der Waals surface area contributed by atoms with Crippen molar-refractivity contribution in [2.75, 3.05) is 12.3 Å². The van der Waals surface area contributed by atoms with E-state index in [1.807, 2.05) is 0 Å². The van der Waals surface area contributed by atoms with E-state index in [1.165, 1.54) is 18.2 Å². The second-order valence-electron chi connectivity index (χ2n) is 7.37. The number of oxazole rings is 1. The molecule has 27 heavy (non-hydrogen) atoms. The van der Waals surface area contributed by atoms with Crippen LogP contribution in [0.25, 0.3) is 11.1 Å². The summed E-state index contributed by atoms with van der Waals surface area (Å²) in [6.07, 6.45) is 1.10. The standard InChI is InChI=1S/C17H21N3O6S/c1-17(2,3)26-16(21)19-8-4-5-12(19)10-27(24)15-18-13-9-11(20(22)23)6-7-14(13)25-15/h6-7,9,12H,4-5,8,10H2,1-3H3/t12-,27+/m0/s1. The molecule has 2 aromatic rings. The van der Waals surface area contributed by atoms with Gasteiger partial charge < -0.3 is 14.1 Å². The lowest BCUT2D eigenvalue weighted by atomic mass is 10.2. The van der Waals surface area contributed by atoms with Crippen molar-refractivity contribution in [1.29, 1.82) is 0 Å². The first-order valence-electron chi connectivity index (χ1n) is 8.57. The zero-order valence-corrected chi connectivity index (χ0v) is 16.2. The Morgan fingerprint density at radius 2 is 2.22 bits per heavy atom. The molecule has 0 saturated carbocycles. The Balaban J connectivity index is 1.73. The highest BCUT2D eigenvalue weighted by atomic mass is 32.2. The van der Waals surface area contributed by atoms with Crippen LogP contribution in [0.15, 0.2) is 27.8 Å². The highest BCUT2D eigenvalue weighted by Gasteiger charge is 2.34. The third kappa shape index (κ3) is 4.44. The number of nitro benzene ring substituents is 1. The number of hydrogen-bond acceptors (Lipinski definition) is 7. The Morgan fingerprint density at radius 3 is 2.89 bits per heavy atom. The highest BCUT2D eigenvalue weighted by Crippen LogP contribution is 2.26. The molecule has 0 aliphatic carbocycles. The zero-order valence-electron chi connectivity index (χ0n) is 15.3. The summed E-state index contributed by atoms with van der Waals surface area (Å²) in [5, 5.41) is 10.9. The minimum absolute atomic E-state index is 0.00142. The van der Waals surface area contributed by atoms with E-state index in [1.54, 1.807) is 25.7 Å². The van der Waals surface area contributed by atoms with Crippen LogP contribution in [-0.2, 0) is 15.5 Å². The van der Waals surface area contributed by atoms with E-state index < -0.39 is 27.4 Å². The predicted molar refractivity (Wildman–Crippen MR) is 97.9 cm³/mol. The first-order valence-corrected chi connectivity index (χ1v) is 9.89. The average Bonchev–Trinajstić information content (AvgIpc) is 3.18. The second kappa shape index (κ2) is 7.26. The van der Waals surface area contributed by atoms with Gasteiger partial charge in [-0.3, -0.25) is 10.1 Å². The van der Waals surface area contributed by atoms with Gasteiger partial charge in [0.05, 0.1) is 10.7 Å². The molecule has 146 valence electrons. The molecule has 1 saturated heterocycles. The van der Waals surface area contributed by atoms with Crippen LogP contribution in [0.4, 0.5) is 10.5 Å². The minimum atomic E-state index is -1.58. The summed E-state index contributed by atoms with van der Waals surface area (Å²) in [6, 6.07) is 3.79. The maximum atomic E-state index is 12.7. The first-order chi connectivity index (χ1) is 12.6. The Morgan fingerprint density at radius 1 is 1.48 bits per heavy atom. The van der Waals surface area contributed by atoms with Crippen LogP contribution < -0.4 is 0 Å². The van der Waals surface area contributed by atoms with Crippen molar-refractivity contribution >= 4 is 33.7 Å². The molecule has 0 spiro atoms. The summed E-state index contributed by atoms with van der Waals surface area (Å²) < 4.78 is 23.6. The van der Waals surface area contributed by atoms with Gasteiger partial charge in [0.1, 0.15) is 21.9 Å². The lowest BCUT2D eigenvalue weighted by Gasteiger charge is -2.28. The van der Waals surface area contributed by atoms with Crippen LogP contribution >= 0.6 is 0 Å². The molecule has 10 heteroatoms. The summed E-state index contributed by atoms with van der Waals surface area (Å²) in [4.78, 5) is 28.4. The molecule has 0 radical (unpaired) electrons. The monoisotopic (exact) mass is 395 g/mol. The van der Waals surface area contributed by atoms with Gasteiger partial charge in [-0.15, -0.1) is 0 Å². The zero-order chi connectivity index (χ0) is 19.8. The number of rotatable bonds is 4. The van der Waals surface area contributed by atoms with Crippen LogP contribution in [0.3, 0.4) is 0 Å². The quantitative estimate of drug-likeness (QED) is 0.576. The highest BCUT2D eigenvalue weighted by molar-refractivity contribution is 7.84. The van der Waals surface area contributed by atoms with E-state index in [-0.39, 0.29) is 28.2 Å². The van der Waals surface area contributed by atoms with Gasteiger partial charge in [0.15, 0.2) is 5.58 Å². The van der Waals surface area contributed by atoms with Crippen LogP contribution in [-0.4, -0.2) is 49.0 Å². The van der Waals surface area contributed by atoms with Gasteiger partial charge in [-0.05, 0) is 39.7 Å². The van der Waals surface area contributed by atoms with E-state index in [0.29, 0.717) is 12.1 Å². The van der Waals surface area contributed by atoms with Crippen molar-refractivity contribution in [2.24, 2.45) is 0 Å². The number of amides is 1. The van der Waals surface area contributed by atoms with Crippen molar-refractivity contribution in [3.8, 4) is 0 Å². The van der Waals surface area contributed by atoms with Crippen molar-refractivity contribution < 1.29 is 23.1 Å². The van der Waals surface area contributed by atoms with Crippen LogP contribution in [0, 0.1) is 10.1 Å². The van der Waals surface area contributed by atoms with Crippen molar-refractivity contribution in [2.45, 2.75) is 50.5 Å². The maximum absolute atomic E-state index is 12.7. The fraction of sp³-hybridized carbons (Fsp3) is 0.529. The van der Waals surface area contributed by atoms with Crippen molar-refractivity contribution in [3.63, 3.8) is 0 Å². The minimum Gasteiger partial charge on any atom is -0.444 e. The molecule has 3 rings (SSSR count). The fourth-order valence-corrected chi connectivity index (χ4v) is 4.14. The number of benzene rings is 1. The fourth-order valence-electron chi connectivity index (χ4n) is 2.92. The number of non-ortho nitro benzene ring substituents is 1. The smallest absolute Gasteiger partial charge is 0.410 e. The third-order valence-corrected chi connectivity index (χ3v) is 5.36. The molecular formula is C17H21N3O6S. The number of ether oxygens (including phenoxy) is 1. The Bertz CT molecular complexity index is 904.